The summed E-state index contributed by atoms with van der Waals surface area (Å²) in [4.78, 5) is 24.7. The molecule has 0 fully saturated rings. The Hall–Kier alpha value is -2.22. The van der Waals surface area contributed by atoms with E-state index in [2.05, 4.69) is 44.9 Å². The molecular weight excluding hydrogens is 406 g/mol. The minimum atomic E-state index is -0.221. The van der Waals surface area contributed by atoms with Crippen molar-refractivity contribution in [3.05, 3.63) is 65.1 Å². The predicted octanol–water partition coefficient (Wildman–Crippen LogP) is 5.26. The van der Waals surface area contributed by atoms with Crippen molar-refractivity contribution in [2.45, 2.75) is 23.6 Å². The van der Waals surface area contributed by atoms with Crippen molar-refractivity contribution in [3.8, 4) is 10.4 Å². The third-order valence-electron chi connectivity index (χ3n) is 4.26. The van der Waals surface area contributed by atoms with Crippen LogP contribution in [0.2, 0.25) is 0 Å². The number of thioether (sulfide) groups is 1. The number of nitrogens with zero attached hydrogens (tertiary/aromatic N) is 2. The number of nitrogens with one attached hydrogen (secondary N) is 1. The first-order valence-electron chi connectivity index (χ1n) is 8.97. The first-order chi connectivity index (χ1) is 13.7. The van der Waals surface area contributed by atoms with E-state index in [1.165, 1.54) is 22.2 Å². The minimum Gasteiger partial charge on any atom is -0.355 e. The topological polar surface area (TPSA) is 54.9 Å². The molecule has 0 aliphatic carbocycles. The van der Waals surface area contributed by atoms with Crippen LogP contribution < -0.4 is 5.32 Å². The number of aromatic nitrogens is 2. The summed E-state index contributed by atoms with van der Waals surface area (Å²) < 4.78 is 0. The zero-order valence-electron chi connectivity index (χ0n) is 15.3. The van der Waals surface area contributed by atoms with Gasteiger partial charge in [-0.1, -0.05) is 48.2 Å². The van der Waals surface area contributed by atoms with Gasteiger partial charge in [0.05, 0.1) is 5.25 Å². The molecule has 3 heterocycles. The molecule has 1 amide bonds. The molecule has 7 heteroatoms. The summed E-state index contributed by atoms with van der Waals surface area (Å²) in [5, 5.41) is 6.72. The third kappa shape index (κ3) is 4.43. The van der Waals surface area contributed by atoms with Crippen molar-refractivity contribution in [2.75, 3.05) is 6.54 Å². The van der Waals surface area contributed by atoms with Crippen LogP contribution in [0, 0.1) is 0 Å². The Morgan fingerprint density at radius 2 is 2.04 bits per heavy atom. The van der Waals surface area contributed by atoms with Crippen molar-refractivity contribution < 1.29 is 4.79 Å². The van der Waals surface area contributed by atoms with Crippen molar-refractivity contribution in [2.24, 2.45) is 0 Å². The molecule has 1 N–H and O–H groups in total. The summed E-state index contributed by atoms with van der Waals surface area (Å²) in [7, 11) is 0. The largest absolute Gasteiger partial charge is 0.355 e. The maximum absolute atomic E-state index is 12.5. The van der Waals surface area contributed by atoms with Gasteiger partial charge in [-0.3, -0.25) is 4.79 Å². The molecule has 4 rings (SSSR count). The molecule has 4 nitrogen and oxygen atoms in total. The van der Waals surface area contributed by atoms with Crippen LogP contribution in [-0.4, -0.2) is 27.7 Å². The van der Waals surface area contributed by atoms with Gasteiger partial charge in [0.2, 0.25) is 5.91 Å². The Balaban J connectivity index is 1.44. The van der Waals surface area contributed by atoms with Gasteiger partial charge >= 0.3 is 0 Å². The first kappa shape index (κ1) is 19.1. The number of carbonyl (C=O) groups excluding carboxylic acids is 1. The lowest BCUT2D eigenvalue weighted by atomic mass is 10.2. The highest BCUT2D eigenvalue weighted by Gasteiger charge is 2.18. The van der Waals surface area contributed by atoms with E-state index in [0.717, 1.165) is 26.5 Å². The van der Waals surface area contributed by atoms with Gasteiger partial charge in [0.1, 0.15) is 16.2 Å². The van der Waals surface area contributed by atoms with E-state index < -0.39 is 0 Å². The van der Waals surface area contributed by atoms with Gasteiger partial charge in [0, 0.05) is 21.7 Å². The lowest BCUT2D eigenvalue weighted by molar-refractivity contribution is -0.120. The number of hydrogen-bond donors (Lipinski definition) is 1. The fourth-order valence-electron chi connectivity index (χ4n) is 2.80. The highest BCUT2D eigenvalue weighted by Crippen LogP contribution is 2.37. The second-order valence-electron chi connectivity index (χ2n) is 6.25. The third-order valence-corrected chi connectivity index (χ3v) is 7.40. The molecule has 142 valence electrons. The van der Waals surface area contributed by atoms with E-state index in [1.54, 1.807) is 29.0 Å². The van der Waals surface area contributed by atoms with Gasteiger partial charge in [-0.2, -0.15) is 0 Å². The highest BCUT2D eigenvalue weighted by molar-refractivity contribution is 8.00. The van der Waals surface area contributed by atoms with Crippen LogP contribution in [0.3, 0.4) is 0 Å². The van der Waals surface area contributed by atoms with Crippen LogP contribution in [0.4, 0.5) is 0 Å². The van der Waals surface area contributed by atoms with Crippen LogP contribution in [0.25, 0.3) is 20.7 Å². The van der Waals surface area contributed by atoms with E-state index in [9.17, 15) is 4.79 Å². The Bertz CT molecular complexity index is 1060. The fraction of sp³-hybridized carbons (Fsp3) is 0.190. The molecule has 1 aromatic carbocycles. The molecule has 1 unspecified atom stereocenters. The lowest BCUT2D eigenvalue weighted by Gasteiger charge is -2.11. The number of rotatable bonds is 7. The van der Waals surface area contributed by atoms with Crippen molar-refractivity contribution >= 4 is 50.6 Å². The number of fused-ring (bicyclic) bond motifs is 1. The van der Waals surface area contributed by atoms with Gasteiger partial charge in [-0.15, -0.1) is 22.7 Å². The van der Waals surface area contributed by atoms with Crippen molar-refractivity contribution in [1.82, 2.24) is 15.3 Å². The SMILES string of the molecule is CC(Sc1ncnc2sc(-c3ccccc3)cc12)C(=O)NCCc1cccs1. The van der Waals surface area contributed by atoms with Crippen LogP contribution in [0.5, 0.6) is 0 Å². The Labute approximate surface area is 176 Å². The molecule has 0 saturated carbocycles. The zero-order chi connectivity index (χ0) is 19.3. The average molecular weight is 426 g/mol. The lowest BCUT2D eigenvalue weighted by Crippen LogP contribution is -2.32. The smallest absolute Gasteiger partial charge is 0.233 e. The van der Waals surface area contributed by atoms with Crippen LogP contribution in [-0.2, 0) is 11.2 Å². The maximum atomic E-state index is 12.5. The zero-order valence-corrected chi connectivity index (χ0v) is 17.7. The molecule has 1 atom stereocenters. The van der Waals surface area contributed by atoms with Gasteiger partial charge in [-0.05, 0) is 36.4 Å². The van der Waals surface area contributed by atoms with Crippen molar-refractivity contribution in [3.63, 3.8) is 0 Å². The quantitative estimate of drug-likeness (QED) is 0.324. The summed E-state index contributed by atoms with van der Waals surface area (Å²) in [5.41, 5.74) is 1.17. The van der Waals surface area contributed by atoms with Crippen LogP contribution in [0.1, 0.15) is 11.8 Å². The fourth-order valence-corrected chi connectivity index (χ4v) is 5.49. The first-order valence-corrected chi connectivity index (χ1v) is 11.5. The summed E-state index contributed by atoms with van der Waals surface area (Å²) >= 11 is 4.85. The minimum absolute atomic E-state index is 0.0341. The van der Waals surface area contributed by atoms with E-state index in [-0.39, 0.29) is 11.2 Å². The molecule has 4 aromatic rings. The summed E-state index contributed by atoms with van der Waals surface area (Å²) in [5.74, 6) is 0.0341. The van der Waals surface area contributed by atoms with Gasteiger partial charge in [-0.25, -0.2) is 9.97 Å². The summed E-state index contributed by atoms with van der Waals surface area (Å²) in [6, 6.07) is 16.5. The van der Waals surface area contributed by atoms with E-state index in [0.29, 0.717) is 6.54 Å². The Kier molecular flexibility index (Phi) is 6.04. The number of carbonyl (C=O) groups is 1. The molecular formula is C21H19N3OS3. The Morgan fingerprint density at radius 3 is 2.82 bits per heavy atom. The monoisotopic (exact) mass is 425 g/mol. The highest BCUT2D eigenvalue weighted by atomic mass is 32.2. The van der Waals surface area contributed by atoms with Gasteiger partial charge in [0.15, 0.2) is 0 Å². The molecule has 0 aliphatic heterocycles. The van der Waals surface area contributed by atoms with E-state index in [4.69, 9.17) is 0 Å². The predicted molar refractivity (Wildman–Crippen MR) is 119 cm³/mol. The summed E-state index contributed by atoms with van der Waals surface area (Å²) in [6.07, 6.45) is 2.45. The van der Waals surface area contributed by atoms with E-state index >= 15 is 0 Å². The molecule has 0 bridgehead atoms. The standard InChI is InChI=1S/C21H19N3OS3/c1-14(19(25)22-10-9-16-8-5-11-26-16)27-20-17-12-18(15-6-3-2-4-7-15)28-21(17)24-13-23-20/h2-8,11-14H,9-10H2,1H3,(H,22,25). The second kappa shape index (κ2) is 8.86. The molecule has 3 aromatic heterocycles. The Morgan fingerprint density at radius 1 is 1.18 bits per heavy atom. The molecule has 0 saturated heterocycles. The normalized spacial score (nSPS) is 12.2. The number of benzene rings is 1. The number of hydrogen-bond acceptors (Lipinski definition) is 6. The number of amides is 1. The average Bonchev–Trinajstić information content (AvgIpc) is 3.38. The molecule has 0 spiro atoms. The van der Waals surface area contributed by atoms with Crippen LogP contribution in [0.15, 0.2) is 65.3 Å². The second-order valence-corrected chi connectivity index (χ2v) is 9.65. The number of thiophene rings is 2. The van der Waals surface area contributed by atoms with Gasteiger partial charge < -0.3 is 5.32 Å². The van der Waals surface area contributed by atoms with Crippen LogP contribution >= 0.6 is 34.4 Å². The van der Waals surface area contributed by atoms with Gasteiger partial charge in [0.25, 0.3) is 0 Å². The molecule has 0 radical (unpaired) electrons. The molecule has 28 heavy (non-hydrogen) atoms. The maximum Gasteiger partial charge on any atom is 0.233 e. The van der Waals surface area contributed by atoms with E-state index in [1.807, 2.05) is 31.2 Å². The molecule has 0 aliphatic rings. The van der Waals surface area contributed by atoms with Crippen molar-refractivity contribution in [1.29, 1.82) is 0 Å². The summed E-state index contributed by atoms with van der Waals surface area (Å²) in [6.45, 7) is 2.57.